The van der Waals surface area contributed by atoms with Crippen LogP contribution in [0.4, 0.5) is 0 Å². The summed E-state index contributed by atoms with van der Waals surface area (Å²) in [6.07, 6.45) is 7.86. The van der Waals surface area contributed by atoms with Gasteiger partial charge in [-0.25, -0.2) is 0 Å². The van der Waals surface area contributed by atoms with Crippen molar-refractivity contribution in [3.05, 3.63) is 81.7 Å². The van der Waals surface area contributed by atoms with Gasteiger partial charge in [0.2, 0.25) is 0 Å². The number of aryl methyl sites for hydroxylation is 3. The average Bonchev–Trinajstić information content (AvgIpc) is 3.33. The van der Waals surface area contributed by atoms with E-state index >= 15 is 0 Å². The molecule has 3 aromatic rings. The number of pyridine rings is 1. The molecule has 1 fully saturated rings. The first-order valence-electron chi connectivity index (χ1n) is 10.6. The predicted molar refractivity (Wildman–Crippen MR) is 122 cm³/mol. The standard InChI is InChI=1S/C25H27N3O3/c1-14(2)28-13-21(30-23-15(3)7-6-8-16(23)4)18(11-20-25(28)31-20)19-12-27(5)24(29)22-17(19)9-10-26-22/h6-14,20,25-26H,1-5H3. The summed E-state index contributed by atoms with van der Waals surface area (Å²) in [7, 11) is 1.77. The molecule has 6 nitrogen and oxygen atoms in total. The summed E-state index contributed by atoms with van der Waals surface area (Å²) in [5, 5.41) is 0.876. The van der Waals surface area contributed by atoms with Gasteiger partial charge in [0, 0.05) is 48.2 Å². The lowest BCUT2D eigenvalue weighted by Crippen LogP contribution is -2.29. The molecule has 1 N–H and O–H groups in total. The van der Waals surface area contributed by atoms with Gasteiger partial charge in [0.05, 0.1) is 0 Å². The number of para-hydroxylation sites is 1. The van der Waals surface area contributed by atoms with Crippen LogP contribution in [-0.2, 0) is 11.8 Å². The highest BCUT2D eigenvalue weighted by Crippen LogP contribution is 2.41. The SMILES string of the molecule is Cc1cccc(C)c1OC1=CN(C(C)C)C2OC2C=C1c1cn(C)c(=O)c2[nH]ccc12. The lowest BCUT2D eigenvalue weighted by molar-refractivity contribution is 0.194. The molecule has 0 bridgehead atoms. The summed E-state index contributed by atoms with van der Waals surface area (Å²) in [4.78, 5) is 17.9. The summed E-state index contributed by atoms with van der Waals surface area (Å²) in [5.41, 5.74) is 4.56. The van der Waals surface area contributed by atoms with Crippen molar-refractivity contribution in [2.45, 2.75) is 46.1 Å². The topological polar surface area (TPSA) is 62.8 Å². The minimum Gasteiger partial charge on any atom is -0.455 e. The Morgan fingerprint density at radius 2 is 1.90 bits per heavy atom. The van der Waals surface area contributed by atoms with Crippen LogP contribution in [0.2, 0.25) is 0 Å². The summed E-state index contributed by atoms with van der Waals surface area (Å²) in [6, 6.07) is 8.35. The summed E-state index contributed by atoms with van der Waals surface area (Å²) < 4.78 is 14.2. The molecule has 0 radical (unpaired) electrons. The fourth-order valence-corrected chi connectivity index (χ4v) is 4.30. The smallest absolute Gasteiger partial charge is 0.274 e. The van der Waals surface area contributed by atoms with E-state index in [0.717, 1.165) is 39.2 Å². The molecular formula is C25H27N3O3. The van der Waals surface area contributed by atoms with Gasteiger partial charge in [-0.2, -0.15) is 0 Å². The molecule has 1 aromatic carbocycles. The number of hydrogen-bond donors (Lipinski definition) is 1. The number of ether oxygens (including phenoxy) is 2. The Morgan fingerprint density at radius 3 is 2.61 bits per heavy atom. The van der Waals surface area contributed by atoms with Crippen molar-refractivity contribution in [2.24, 2.45) is 7.05 Å². The predicted octanol–water partition coefficient (Wildman–Crippen LogP) is 4.24. The second-order valence-electron chi connectivity index (χ2n) is 8.65. The normalized spacial score (nSPS) is 20.4. The lowest BCUT2D eigenvalue weighted by atomic mass is 10.0. The number of fused-ring (bicyclic) bond motifs is 2. The Morgan fingerprint density at radius 1 is 1.16 bits per heavy atom. The maximum atomic E-state index is 12.6. The van der Waals surface area contributed by atoms with Crippen LogP contribution in [0.1, 0.15) is 30.5 Å². The highest BCUT2D eigenvalue weighted by molar-refractivity contribution is 5.95. The number of nitrogens with zero attached hydrogens (tertiary/aromatic N) is 2. The highest BCUT2D eigenvalue weighted by Gasteiger charge is 2.45. The maximum absolute atomic E-state index is 12.6. The Labute approximate surface area is 181 Å². The van der Waals surface area contributed by atoms with Crippen LogP contribution in [0.25, 0.3) is 16.5 Å². The van der Waals surface area contributed by atoms with Gasteiger partial charge in [0.15, 0.2) is 12.0 Å². The highest BCUT2D eigenvalue weighted by atomic mass is 16.6. The molecule has 2 unspecified atom stereocenters. The van der Waals surface area contributed by atoms with Crippen LogP contribution in [0.5, 0.6) is 5.75 Å². The number of aromatic nitrogens is 2. The zero-order valence-corrected chi connectivity index (χ0v) is 18.5. The fraction of sp³-hybridized carbons (Fsp3) is 0.320. The van der Waals surface area contributed by atoms with Crippen molar-refractivity contribution in [3.8, 4) is 5.75 Å². The molecule has 2 atom stereocenters. The number of nitrogens with one attached hydrogen (secondary N) is 1. The van der Waals surface area contributed by atoms with Gasteiger partial charge < -0.3 is 23.9 Å². The summed E-state index contributed by atoms with van der Waals surface area (Å²) in [5.74, 6) is 1.61. The van der Waals surface area contributed by atoms with E-state index in [9.17, 15) is 4.79 Å². The monoisotopic (exact) mass is 417 g/mol. The molecule has 1 saturated heterocycles. The molecule has 0 saturated carbocycles. The summed E-state index contributed by atoms with van der Waals surface area (Å²) >= 11 is 0. The largest absolute Gasteiger partial charge is 0.455 e. The molecule has 160 valence electrons. The van der Waals surface area contributed by atoms with Crippen LogP contribution in [0.3, 0.4) is 0 Å². The van der Waals surface area contributed by atoms with Gasteiger partial charge in [-0.1, -0.05) is 18.2 Å². The Bertz CT molecular complexity index is 1270. The van der Waals surface area contributed by atoms with E-state index in [2.05, 4.69) is 62.0 Å². The van der Waals surface area contributed by atoms with E-state index in [4.69, 9.17) is 9.47 Å². The molecule has 0 spiro atoms. The molecule has 6 heteroatoms. The molecule has 2 aliphatic heterocycles. The fourth-order valence-electron chi connectivity index (χ4n) is 4.30. The number of rotatable bonds is 4. The van der Waals surface area contributed by atoms with Gasteiger partial charge in [0.25, 0.3) is 5.56 Å². The third-order valence-electron chi connectivity index (χ3n) is 6.06. The first-order valence-corrected chi connectivity index (χ1v) is 10.6. The quantitative estimate of drug-likeness (QED) is 0.645. The number of allylic oxidation sites excluding steroid dienone is 1. The molecular weight excluding hydrogens is 390 g/mol. The van der Waals surface area contributed by atoms with Crippen molar-refractivity contribution >= 4 is 16.5 Å². The van der Waals surface area contributed by atoms with Crippen molar-refractivity contribution in [1.82, 2.24) is 14.5 Å². The van der Waals surface area contributed by atoms with Crippen molar-refractivity contribution < 1.29 is 9.47 Å². The van der Waals surface area contributed by atoms with Crippen LogP contribution >= 0.6 is 0 Å². The van der Waals surface area contributed by atoms with Gasteiger partial charge in [-0.15, -0.1) is 0 Å². The molecule has 31 heavy (non-hydrogen) atoms. The Balaban J connectivity index is 1.71. The van der Waals surface area contributed by atoms with Crippen LogP contribution in [0.15, 0.2) is 59.5 Å². The van der Waals surface area contributed by atoms with Crippen LogP contribution < -0.4 is 10.3 Å². The van der Waals surface area contributed by atoms with Crippen molar-refractivity contribution in [3.63, 3.8) is 0 Å². The van der Waals surface area contributed by atoms with E-state index in [1.54, 1.807) is 17.8 Å². The van der Waals surface area contributed by atoms with Gasteiger partial charge in [-0.05, 0) is 51.0 Å². The molecule has 5 rings (SSSR count). The number of benzene rings is 1. The molecule has 2 aromatic heterocycles. The third-order valence-corrected chi connectivity index (χ3v) is 6.06. The first kappa shape index (κ1) is 19.7. The zero-order chi connectivity index (χ0) is 21.9. The average molecular weight is 418 g/mol. The molecule has 0 aliphatic carbocycles. The lowest BCUT2D eigenvalue weighted by Gasteiger charge is -2.25. The van der Waals surface area contributed by atoms with Gasteiger partial charge in [-0.3, -0.25) is 4.79 Å². The van der Waals surface area contributed by atoms with Crippen molar-refractivity contribution in [1.29, 1.82) is 0 Å². The minimum atomic E-state index is -0.0523. The van der Waals surface area contributed by atoms with E-state index in [-0.39, 0.29) is 23.9 Å². The Kier molecular flexibility index (Phi) is 4.55. The van der Waals surface area contributed by atoms with E-state index in [1.807, 2.05) is 18.3 Å². The number of epoxide rings is 1. The molecule has 0 amide bonds. The number of H-pyrrole nitrogens is 1. The van der Waals surface area contributed by atoms with E-state index in [1.165, 1.54) is 0 Å². The van der Waals surface area contributed by atoms with Crippen LogP contribution in [-0.4, -0.2) is 32.8 Å². The minimum absolute atomic E-state index is 0.00307. The Hall–Kier alpha value is -3.25. The van der Waals surface area contributed by atoms with Gasteiger partial charge in [0.1, 0.15) is 17.4 Å². The van der Waals surface area contributed by atoms with Crippen molar-refractivity contribution in [2.75, 3.05) is 0 Å². The maximum Gasteiger partial charge on any atom is 0.274 e. The van der Waals surface area contributed by atoms with Crippen LogP contribution in [0, 0.1) is 13.8 Å². The molecule has 4 heterocycles. The number of aromatic amines is 1. The second-order valence-corrected chi connectivity index (χ2v) is 8.65. The first-order chi connectivity index (χ1) is 14.8. The van der Waals surface area contributed by atoms with E-state index in [0.29, 0.717) is 5.52 Å². The zero-order valence-electron chi connectivity index (χ0n) is 18.5. The van der Waals surface area contributed by atoms with Gasteiger partial charge >= 0.3 is 0 Å². The third kappa shape index (κ3) is 3.27. The summed E-state index contributed by atoms with van der Waals surface area (Å²) in [6.45, 7) is 8.40. The molecule has 2 aliphatic rings. The number of hydrogen-bond acceptors (Lipinski definition) is 4. The van der Waals surface area contributed by atoms with E-state index < -0.39 is 0 Å². The second kappa shape index (κ2) is 7.17.